The van der Waals surface area contributed by atoms with Crippen molar-refractivity contribution in [3.05, 3.63) is 17.8 Å². The van der Waals surface area contributed by atoms with Crippen molar-refractivity contribution in [3.8, 4) is 5.88 Å². The maximum atomic E-state index is 12.7. The molecule has 3 aliphatic heterocycles. The minimum Gasteiger partial charge on any atom is -0.466 e. The number of nitrogens with zero attached hydrogens (tertiary/aromatic N) is 3. The molecule has 7 heteroatoms. The van der Waals surface area contributed by atoms with E-state index < -0.39 is 0 Å². The molecule has 0 spiro atoms. The monoisotopic (exact) mass is 346 g/mol. The topological polar surface area (TPSA) is 90.6 Å². The van der Waals surface area contributed by atoms with Crippen LogP contribution in [0.25, 0.3) is 0 Å². The molecule has 2 fully saturated rings. The van der Waals surface area contributed by atoms with E-state index in [4.69, 9.17) is 15.2 Å². The molecule has 2 bridgehead atoms. The van der Waals surface area contributed by atoms with Gasteiger partial charge < -0.3 is 20.1 Å². The van der Waals surface area contributed by atoms with E-state index >= 15 is 0 Å². The van der Waals surface area contributed by atoms with E-state index in [2.05, 4.69) is 10.2 Å². The van der Waals surface area contributed by atoms with E-state index in [1.165, 1.54) is 0 Å². The molecule has 1 aromatic rings. The van der Waals surface area contributed by atoms with E-state index in [9.17, 15) is 4.79 Å². The summed E-state index contributed by atoms with van der Waals surface area (Å²) in [5.41, 5.74) is 7.36. The van der Waals surface area contributed by atoms with Crippen molar-refractivity contribution >= 4 is 5.91 Å². The molecule has 2 N–H and O–H groups in total. The highest BCUT2D eigenvalue weighted by Gasteiger charge is 2.35. The lowest BCUT2D eigenvalue weighted by Gasteiger charge is -2.40. The Balaban J connectivity index is 1.61. The van der Waals surface area contributed by atoms with E-state index in [-0.39, 0.29) is 30.7 Å². The van der Waals surface area contributed by atoms with E-state index in [0.29, 0.717) is 24.9 Å². The lowest BCUT2D eigenvalue weighted by atomic mass is 9.83. The van der Waals surface area contributed by atoms with Gasteiger partial charge in [0.15, 0.2) is 6.61 Å². The molecule has 136 valence electrons. The lowest BCUT2D eigenvalue weighted by Crippen LogP contribution is -2.57. The number of nitrogens with two attached hydrogens (primary N) is 1. The largest absolute Gasteiger partial charge is 0.466 e. The third-order valence-electron chi connectivity index (χ3n) is 5.82. The van der Waals surface area contributed by atoms with Gasteiger partial charge >= 0.3 is 0 Å². The number of hydrogen-bond donors (Lipinski definition) is 1. The van der Waals surface area contributed by atoms with Gasteiger partial charge in [-0.15, -0.1) is 5.10 Å². The molecule has 1 aliphatic carbocycles. The first-order valence-electron chi connectivity index (χ1n) is 9.33. The Bertz CT molecular complexity index is 618. The highest BCUT2D eigenvalue weighted by molar-refractivity contribution is 5.78. The molecular formula is C18H26N4O3. The van der Waals surface area contributed by atoms with Gasteiger partial charge in [-0.05, 0) is 50.5 Å². The van der Waals surface area contributed by atoms with Crippen molar-refractivity contribution in [2.75, 3.05) is 19.8 Å². The molecule has 5 rings (SSSR count). The fourth-order valence-corrected chi connectivity index (χ4v) is 4.35. The third-order valence-corrected chi connectivity index (χ3v) is 5.82. The number of aromatic nitrogens is 2. The number of fused-ring (bicyclic) bond motifs is 5. The SMILES string of the molecule is NC1CCCN2C(=O)COc3nnccc3C3CCC(CC3)OCC12. The summed E-state index contributed by atoms with van der Waals surface area (Å²) in [5, 5.41) is 8.08. The lowest BCUT2D eigenvalue weighted by molar-refractivity contribution is -0.140. The van der Waals surface area contributed by atoms with Gasteiger partial charge in [-0.3, -0.25) is 4.79 Å². The van der Waals surface area contributed by atoms with Gasteiger partial charge in [0.1, 0.15) is 0 Å². The van der Waals surface area contributed by atoms with Gasteiger partial charge in [0.2, 0.25) is 5.88 Å². The average Bonchev–Trinajstić information content (AvgIpc) is 2.66. The quantitative estimate of drug-likeness (QED) is 0.760. The van der Waals surface area contributed by atoms with Crippen molar-refractivity contribution in [1.82, 2.24) is 15.1 Å². The first-order valence-corrected chi connectivity index (χ1v) is 9.33. The van der Waals surface area contributed by atoms with Gasteiger partial charge in [0.05, 0.1) is 24.9 Å². The maximum Gasteiger partial charge on any atom is 0.260 e. The standard InChI is InChI=1S/C18H26N4O3/c19-15-2-1-9-22-16(15)10-24-13-5-3-12(4-6-13)14-7-8-20-21-18(14)25-11-17(22)23/h7-8,12-13,15-16H,1-6,9-11,19H2. The minimum absolute atomic E-state index is 0.0228. The number of carbonyl (C=O) groups excluding carboxylic acids is 1. The number of amides is 1. The Labute approximate surface area is 147 Å². The number of rotatable bonds is 0. The zero-order valence-corrected chi connectivity index (χ0v) is 14.5. The Hall–Kier alpha value is -1.73. The summed E-state index contributed by atoms with van der Waals surface area (Å²) in [6, 6.07) is 1.87. The predicted molar refractivity (Wildman–Crippen MR) is 91.2 cm³/mol. The molecular weight excluding hydrogens is 320 g/mol. The van der Waals surface area contributed by atoms with Crippen LogP contribution in [0, 0.1) is 0 Å². The van der Waals surface area contributed by atoms with Gasteiger partial charge in [-0.1, -0.05) is 0 Å². The molecule has 2 atom stereocenters. The van der Waals surface area contributed by atoms with Crippen LogP contribution in [0.2, 0.25) is 0 Å². The molecule has 1 aromatic heterocycles. The zero-order valence-electron chi connectivity index (χ0n) is 14.5. The molecule has 4 heterocycles. The molecule has 25 heavy (non-hydrogen) atoms. The molecule has 0 radical (unpaired) electrons. The summed E-state index contributed by atoms with van der Waals surface area (Å²) >= 11 is 0. The van der Waals surface area contributed by atoms with E-state index in [1.807, 2.05) is 11.0 Å². The molecule has 7 nitrogen and oxygen atoms in total. The van der Waals surface area contributed by atoms with Crippen molar-refractivity contribution in [2.24, 2.45) is 5.73 Å². The fourth-order valence-electron chi connectivity index (χ4n) is 4.35. The Morgan fingerprint density at radius 1 is 1.20 bits per heavy atom. The van der Waals surface area contributed by atoms with Crippen LogP contribution in [0.15, 0.2) is 12.3 Å². The van der Waals surface area contributed by atoms with Crippen LogP contribution >= 0.6 is 0 Å². The molecule has 2 unspecified atom stereocenters. The number of carbonyl (C=O) groups is 1. The van der Waals surface area contributed by atoms with Crippen LogP contribution in [0.4, 0.5) is 0 Å². The first-order chi connectivity index (χ1) is 12.2. The summed E-state index contributed by atoms with van der Waals surface area (Å²) in [6.07, 6.45) is 7.92. The van der Waals surface area contributed by atoms with Crippen LogP contribution in [0.3, 0.4) is 0 Å². The zero-order chi connectivity index (χ0) is 17.2. The Morgan fingerprint density at radius 3 is 2.88 bits per heavy atom. The second kappa shape index (κ2) is 7.25. The number of piperidine rings is 1. The molecule has 1 saturated heterocycles. The van der Waals surface area contributed by atoms with E-state index in [0.717, 1.165) is 44.1 Å². The van der Waals surface area contributed by atoms with Crippen LogP contribution in [-0.2, 0) is 9.53 Å². The van der Waals surface area contributed by atoms with Crippen LogP contribution < -0.4 is 10.5 Å². The summed E-state index contributed by atoms with van der Waals surface area (Å²) in [4.78, 5) is 14.6. The van der Waals surface area contributed by atoms with Gasteiger partial charge in [0.25, 0.3) is 5.91 Å². The highest BCUT2D eigenvalue weighted by Crippen LogP contribution is 2.37. The minimum atomic E-state index is -0.0651. The fraction of sp³-hybridized carbons (Fsp3) is 0.722. The van der Waals surface area contributed by atoms with E-state index in [1.54, 1.807) is 6.20 Å². The van der Waals surface area contributed by atoms with Gasteiger partial charge in [-0.2, -0.15) is 5.10 Å². The summed E-state index contributed by atoms with van der Waals surface area (Å²) in [6.45, 7) is 1.21. The Kier molecular flexibility index (Phi) is 4.85. The van der Waals surface area contributed by atoms with Crippen molar-refractivity contribution in [1.29, 1.82) is 0 Å². The second-order valence-electron chi connectivity index (χ2n) is 7.35. The first kappa shape index (κ1) is 16.7. The smallest absolute Gasteiger partial charge is 0.260 e. The van der Waals surface area contributed by atoms with Crippen molar-refractivity contribution < 1.29 is 14.3 Å². The van der Waals surface area contributed by atoms with Gasteiger partial charge in [0, 0.05) is 18.2 Å². The van der Waals surface area contributed by atoms with Crippen LogP contribution in [0.5, 0.6) is 5.88 Å². The maximum absolute atomic E-state index is 12.7. The van der Waals surface area contributed by atoms with Crippen molar-refractivity contribution in [3.63, 3.8) is 0 Å². The highest BCUT2D eigenvalue weighted by atomic mass is 16.5. The van der Waals surface area contributed by atoms with Crippen molar-refractivity contribution in [2.45, 2.75) is 62.6 Å². The number of hydrogen-bond acceptors (Lipinski definition) is 6. The molecule has 1 amide bonds. The second-order valence-corrected chi connectivity index (χ2v) is 7.35. The summed E-state index contributed by atoms with van der Waals surface area (Å²) in [7, 11) is 0. The third kappa shape index (κ3) is 3.48. The van der Waals surface area contributed by atoms with Crippen LogP contribution in [0.1, 0.15) is 50.0 Å². The average molecular weight is 346 g/mol. The summed E-state index contributed by atoms with van der Waals surface area (Å²) < 4.78 is 12.0. The molecule has 1 saturated carbocycles. The normalized spacial score (nSPS) is 33.3. The predicted octanol–water partition coefficient (Wildman–Crippen LogP) is 1.23. The van der Waals surface area contributed by atoms with Crippen LogP contribution in [-0.4, -0.2) is 59.0 Å². The Morgan fingerprint density at radius 2 is 2.04 bits per heavy atom. The van der Waals surface area contributed by atoms with Gasteiger partial charge in [-0.25, -0.2) is 0 Å². The number of ether oxygens (including phenoxy) is 2. The summed E-state index contributed by atoms with van der Waals surface area (Å²) in [5.74, 6) is 0.843. The molecule has 0 aromatic carbocycles. The molecule has 4 aliphatic rings.